The van der Waals surface area contributed by atoms with E-state index < -0.39 is 30.2 Å². The summed E-state index contributed by atoms with van der Waals surface area (Å²) >= 11 is 12.1. The highest BCUT2D eigenvalue weighted by Gasteiger charge is 2.48. The summed E-state index contributed by atoms with van der Waals surface area (Å²) in [5.41, 5.74) is 1.98. The van der Waals surface area contributed by atoms with Gasteiger partial charge in [0, 0.05) is 22.2 Å². The van der Waals surface area contributed by atoms with E-state index >= 15 is 0 Å². The van der Waals surface area contributed by atoms with Crippen molar-refractivity contribution in [2.24, 2.45) is 11.8 Å². The second-order valence-electron chi connectivity index (χ2n) is 7.99. The molecule has 33 heavy (non-hydrogen) atoms. The van der Waals surface area contributed by atoms with Gasteiger partial charge < -0.3 is 26.0 Å². The smallest absolute Gasteiger partial charge is 0.229 e. The average molecular weight is 492 g/mol. The molecule has 5 N–H and O–H groups in total. The van der Waals surface area contributed by atoms with Gasteiger partial charge in [-0.15, -0.1) is 0 Å². The van der Waals surface area contributed by atoms with Crippen molar-refractivity contribution < 1.29 is 19.1 Å². The van der Waals surface area contributed by atoms with Crippen LogP contribution in [0.3, 0.4) is 0 Å². The topological polar surface area (TPSA) is 121 Å². The Hall–Kier alpha value is -3.01. The third-order valence-electron chi connectivity index (χ3n) is 5.57. The Balaban J connectivity index is 1.51. The Morgan fingerprint density at radius 3 is 2.52 bits per heavy atom. The summed E-state index contributed by atoms with van der Waals surface area (Å²) in [6.45, 7) is 1.89. The van der Waals surface area contributed by atoms with Crippen LogP contribution in [0.1, 0.15) is 12.0 Å². The van der Waals surface area contributed by atoms with E-state index in [1.807, 2.05) is 13.0 Å². The van der Waals surface area contributed by atoms with E-state index in [0.29, 0.717) is 27.2 Å². The Bertz CT molecular complexity index is 1090. The van der Waals surface area contributed by atoms with E-state index in [9.17, 15) is 14.4 Å². The predicted molar refractivity (Wildman–Crippen MR) is 125 cm³/mol. The Morgan fingerprint density at radius 2 is 1.82 bits per heavy atom. The number of aryl methyl sites for hydroxylation is 1. The molecule has 0 bridgehead atoms. The summed E-state index contributed by atoms with van der Waals surface area (Å²) in [5, 5.41) is 15.4. The van der Waals surface area contributed by atoms with Gasteiger partial charge in [-0.05, 0) is 42.8 Å². The third-order valence-corrected chi connectivity index (χ3v) is 6.01. The molecule has 2 fully saturated rings. The number of hydrogen-bond donors (Lipinski definition) is 5. The highest BCUT2D eigenvalue weighted by Crippen LogP contribution is 2.31. The second kappa shape index (κ2) is 9.46. The van der Waals surface area contributed by atoms with Gasteiger partial charge in [0.15, 0.2) is 6.29 Å². The third kappa shape index (κ3) is 5.16. The van der Waals surface area contributed by atoms with Crippen LogP contribution >= 0.6 is 23.2 Å². The van der Waals surface area contributed by atoms with E-state index in [4.69, 9.17) is 27.9 Å². The van der Waals surface area contributed by atoms with Gasteiger partial charge >= 0.3 is 0 Å². The normalized spacial score (nSPS) is 24.2. The number of carbonyl (C=O) groups is 3. The van der Waals surface area contributed by atoms with E-state index in [-0.39, 0.29) is 18.2 Å². The maximum atomic E-state index is 13.1. The molecule has 2 aromatic carbocycles. The number of piperidine rings is 1. The Labute approximate surface area is 200 Å². The molecule has 2 heterocycles. The highest BCUT2D eigenvalue weighted by atomic mass is 35.5. The number of methoxy groups -OCH3 is 1. The number of anilines is 2. The number of benzene rings is 2. The summed E-state index contributed by atoms with van der Waals surface area (Å²) < 4.78 is 5.31. The molecule has 0 radical (unpaired) electrons. The van der Waals surface area contributed by atoms with Crippen LogP contribution in [0, 0.1) is 18.8 Å². The second-order valence-corrected chi connectivity index (χ2v) is 8.86. The van der Waals surface area contributed by atoms with Crippen LogP contribution in [0.15, 0.2) is 36.4 Å². The lowest BCUT2D eigenvalue weighted by Gasteiger charge is -2.43. The van der Waals surface area contributed by atoms with Crippen LogP contribution in [-0.4, -0.2) is 37.3 Å². The lowest BCUT2D eigenvalue weighted by atomic mass is 9.81. The first-order chi connectivity index (χ1) is 15.7. The largest absolute Gasteiger partial charge is 0.495 e. The van der Waals surface area contributed by atoms with Crippen LogP contribution in [0.5, 0.6) is 5.75 Å². The monoisotopic (exact) mass is 491 g/mol. The van der Waals surface area contributed by atoms with Gasteiger partial charge in [-0.1, -0.05) is 29.3 Å². The van der Waals surface area contributed by atoms with Gasteiger partial charge in [0.1, 0.15) is 5.75 Å². The number of carbonyl (C=O) groups excluding carboxylic acids is 3. The summed E-state index contributed by atoms with van der Waals surface area (Å²) in [6.07, 6.45) is -1.58. The molecule has 2 saturated heterocycles. The minimum atomic E-state index is -0.872. The van der Waals surface area contributed by atoms with Crippen molar-refractivity contribution in [1.82, 2.24) is 16.0 Å². The maximum absolute atomic E-state index is 13.1. The number of nitrogens with one attached hydrogen (secondary N) is 5. The molecular formula is C22H23Cl2N5O4. The molecule has 0 spiro atoms. The van der Waals surface area contributed by atoms with Gasteiger partial charge in [0.25, 0.3) is 0 Å². The van der Waals surface area contributed by atoms with Crippen LogP contribution in [-0.2, 0) is 14.4 Å². The van der Waals surface area contributed by atoms with Gasteiger partial charge in [0.05, 0.1) is 30.8 Å². The molecule has 0 saturated carbocycles. The zero-order chi connectivity index (χ0) is 23.7. The zero-order valence-corrected chi connectivity index (χ0v) is 19.4. The number of amides is 3. The number of halogens is 2. The lowest BCUT2D eigenvalue weighted by Crippen LogP contribution is -2.72. The van der Waals surface area contributed by atoms with Gasteiger partial charge in [0.2, 0.25) is 17.7 Å². The van der Waals surface area contributed by atoms with Crippen LogP contribution in [0.2, 0.25) is 10.0 Å². The first-order valence-electron chi connectivity index (χ1n) is 10.3. The molecule has 11 heteroatoms. The summed E-state index contributed by atoms with van der Waals surface area (Å²) in [7, 11) is 1.50. The quantitative estimate of drug-likeness (QED) is 0.438. The highest BCUT2D eigenvalue weighted by molar-refractivity contribution is 6.35. The molecule has 0 aliphatic carbocycles. The van der Waals surface area contributed by atoms with Crippen LogP contribution in [0.25, 0.3) is 0 Å². The predicted octanol–water partition coefficient (Wildman–Crippen LogP) is 2.44. The standard InChI is InChI=1S/C22H23Cl2N5O4/c1-10-3-4-16(33-2)15(5-10)26-20(31)14-9-17(30)27-19-18(14)21(32)29-22(28-19)25-13-7-11(23)6-12(24)8-13/h3-8,14,18-19,22,25,28H,9H2,1-2H3,(H,26,31)(H,27,30)(H,29,32). The molecule has 9 nitrogen and oxygen atoms in total. The molecule has 174 valence electrons. The summed E-state index contributed by atoms with van der Waals surface area (Å²) in [4.78, 5) is 38.5. The van der Waals surface area contributed by atoms with Gasteiger partial charge in [-0.3, -0.25) is 19.7 Å². The molecule has 3 amide bonds. The van der Waals surface area contributed by atoms with Crippen molar-refractivity contribution in [2.45, 2.75) is 25.8 Å². The molecule has 0 aromatic heterocycles. The number of rotatable bonds is 5. The van der Waals surface area contributed by atoms with Crippen molar-refractivity contribution in [2.75, 3.05) is 17.7 Å². The first-order valence-corrected chi connectivity index (χ1v) is 11.0. The Morgan fingerprint density at radius 1 is 1.09 bits per heavy atom. The van der Waals surface area contributed by atoms with Crippen molar-refractivity contribution in [1.29, 1.82) is 0 Å². The maximum Gasteiger partial charge on any atom is 0.229 e. The van der Waals surface area contributed by atoms with Gasteiger partial charge in [-0.25, -0.2) is 0 Å². The van der Waals surface area contributed by atoms with Crippen LogP contribution in [0.4, 0.5) is 11.4 Å². The lowest BCUT2D eigenvalue weighted by molar-refractivity contribution is -0.144. The van der Waals surface area contributed by atoms with Crippen molar-refractivity contribution in [3.63, 3.8) is 0 Å². The SMILES string of the molecule is COc1ccc(C)cc1NC(=O)C1CC(=O)NC2NC(Nc3cc(Cl)cc(Cl)c3)NC(=O)C21. The summed E-state index contributed by atoms with van der Waals surface area (Å²) in [6, 6.07) is 10.3. The number of hydrogen-bond acceptors (Lipinski definition) is 6. The molecule has 4 unspecified atom stereocenters. The molecule has 4 atom stereocenters. The fourth-order valence-corrected chi connectivity index (χ4v) is 4.63. The average Bonchev–Trinajstić information content (AvgIpc) is 2.72. The van der Waals surface area contributed by atoms with Gasteiger partial charge in [-0.2, -0.15) is 0 Å². The van der Waals surface area contributed by atoms with E-state index in [1.165, 1.54) is 7.11 Å². The zero-order valence-electron chi connectivity index (χ0n) is 17.9. The Kier molecular flexibility index (Phi) is 6.64. The molecular weight excluding hydrogens is 469 g/mol. The van der Waals surface area contributed by atoms with Crippen molar-refractivity contribution in [3.8, 4) is 5.75 Å². The number of fused-ring (bicyclic) bond motifs is 1. The van der Waals surface area contributed by atoms with Crippen LogP contribution < -0.4 is 31.3 Å². The number of ether oxygens (including phenoxy) is 1. The summed E-state index contributed by atoms with van der Waals surface area (Å²) in [5.74, 6) is -2.34. The fraction of sp³-hybridized carbons (Fsp3) is 0.318. The first kappa shape index (κ1) is 23.2. The molecule has 2 aromatic rings. The van der Waals surface area contributed by atoms with E-state index in [0.717, 1.165) is 5.56 Å². The minimum absolute atomic E-state index is 0.113. The van der Waals surface area contributed by atoms with Crippen molar-refractivity contribution >= 4 is 52.3 Å². The fourth-order valence-electron chi connectivity index (χ4n) is 4.10. The van der Waals surface area contributed by atoms with E-state index in [1.54, 1.807) is 30.3 Å². The van der Waals surface area contributed by atoms with E-state index in [2.05, 4.69) is 26.6 Å². The molecule has 2 aliphatic rings. The minimum Gasteiger partial charge on any atom is -0.495 e. The molecule has 2 aliphatic heterocycles. The van der Waals surface area contributed by atoms with Crippen molar-refractivity contribution in [3.05, 3.63) is 52.0 Å². The molecule has 4 rings (SSSR count).